The van der Waals surface area contributed by atoms with Crippen LogP contribution in [0.15, 0.2) is 91.5 Å². The monoisotopic (exact) mass is 605 g/mol. The van der Waals surface area contributed by atoms with Crippen LogP contribution in [-0.2, 0) is 19.2 Å². The van der Waals surface area contributed by atoms with Gasteiger partial charge in [-0.05, 0) is 68.4 Å². The van der Waals surface area contributed by atoms with Crippen molar-refractivity contribution in [3.8, 4) is 17.2 Å². The van der Waals surface area contributed by atoms with Gasteiger partial charge in [-0.1, -0.05) is 12.1 Å². The number of para-hydroxylation sites is 2. The van der Waals surface area contributed by atoms with Gasteiger partial charge < -0.3 is 9.84 Å². The van der Waals surface area contributed by atoms with Crippen LogP contribution in [0.1, 0.15) is 12.6 Å². The maximum absolute atomic E-state index is 13.0. The SMILES string of the molecule is CCOc1ccccc1NS(=O)(=O)c1ccc(O)c(N=Nc2c(C)[nH]n(-c3ccc(SS(=O)(=O)O)cc3)c2=O)c1. The summed E-state index contributed by atoms with van der Waals surface area (Å²) < 4.78 is 66.2. The maximum Gasteiger partial charge on any atom is 0.324 e. The van der Waals surface area contributed by atoms with Crippen molar-refractivity contribution in [2.24, 2.45) is 10.2 Å². The Morgan fingerprint density at radius 2 is 1.73 bits per heavy atom. The Bertz CT molecular complexity index is 1850. The van der Waals surface area contributed by atoms with Gasteiger partial charge in [0.25, 0.3) is 15.6 Å². The third-order valence-electron chi connectivity index (χ3n) is 5.28. The highest BCUT2D eigenvalue weighted by atomic mass is 33.1. The molecule has 0 saturated carbocycles. The zero-order chi connectivity index (χ0) is 29.1. The molecule has 4 aromatic rings. The number of phenols is 1. The Morgan fingerprint density at radius 1 is 1.02 bits per heavy atom. The minimum absolute atomic E-state index is 0.104. The second-order valence-electron chi connectivity index (χ2n) is 8.12. The van der Waals surface area contributed by atoms with Crippen molar-refractivity contribution in [1.29, 1.82) is 0 Å². The lowest BCUT2D eigenvalue weighted by atomic mass is 10.3. The summed E-state index contributed by atoms with van der Waals surface area (Å²) in [5, 5.41) is 20.9. The molecule has 40 heavy (non-hydrogen) atoms. The molecule has 210 valence electrons. The number of aromatic hydroxyl groups is 1. The number of azo groups is 1. The van der Waals surface area contributed by atoms with Crippen LogP contribution in [0.5, 0.6) is 11.5 Å². The van der Waals surface area contributed by atoms with Crippen LogP contribution in [0.2, 0.25) is 0 Å². The van der Waals surface area contributed by atoms with Gasteiger partial charge in [0, 0.05) is 15.7 Å². The number of aromatic amines is 1. The number of phenolic OH excluding ortho intramolecular Hbond substituents is 1. The standard InChI is InChI=1S/C24H23N5O8S3/c1-3-37-22-7-5-4-6-19(22)28-39(32,33)18-12-13-21(30)20(14-18)25-26-23-15(2)27-29(24(23)31)16-8-10-17(11-9-16)38-40(34,35)36/h4-14,27-28,30H,3H2,1-2H3,(H,34,35,36). The molecule has 0 aliphatic carbocycles. The summed E-state index contributed by atoms with van der Waals surface area (Å²) in [7, 11) is -8.15. The number of hydrogen-bond donors (Lipinski definition) is 4. The van der Waals surface area contributed by atoms with Gasteiger partial charge >= 0.3 is 9.15 Å². The molecule has 0 saturated heterocycles. The Hall–Kier alpha value is -4.12. The Kier molecular flexibility index (Phi) is 8.34. The van der Waals surface area contributed by atoms with E-state index < -0.39 is 24.7 Å². The average Bonchev–Trinajstić information content (AvgIpc) is 3.17. The first-order valence-electron chi connectivity index (χ1n) is 11.5. The number of H-pyrrole nitrogens is 1. The summed E-state index contributed by atoms with van der Waals surface area (Å²) in [4.78, 5) is 13.0. The van der Waals surface area contributed by atoms with E-state index in [0.29, 0.717) is 23.7 Å². The third kappa shape index (κ3) is 6.71. The van der Waals surface area contributed by atoms with Crippen LogP contribution < -0.4 is 15.0 Å². The lowest BCUT2D eigenvalue weighted by Crippen LogP contribution is -2.14. The predicted octanol–water partition coefficient (Wildman–Crippen LogP) is 4.69. The number of anilines is 1. The van der Waals surface area contributed by atoms with E-state index in [-0.39, 0.29) is 43.4 Å². The Balaban J connectivity index is 1.61. The molecule has 0 atom stereocenters. The van der Waals surface area contributed by atoms with E-state index in [9.17, 15) is 26.7 Å². The van der Waals surface area contributed by atoms with E-state index in [1.54, 1.807) is 38.1 Å². The molecule has 0 radical (unpaired) electrons. The lowest BCUT2D eigenvalue weighted by Gasteiger charge is -2.13. The lowest BCUT2D eigenvalue weighted by molar-refractivity contribution is 0.342. The number of nitrogens with zero attached hydrogens (tertiary/aromatic N) is 3. The molecule has 0 aliphatic rings. The summed E-state index contributed by atoms with van der Waals surface area (Å²) in [6, 6.07) is 15.7. The van der Waals surface area contributed by atoms with Gasteiger partial charge in [0.15, 0.2) is 5.69 Å². The van der Waals surface area contributed by atoms with Gasteiger partial charge in [-0.15, -0.1) is 10.2 Å². The summed E-state index contributed by atoms with van der Waals surface area (Å²) in [6.45, 7) is 3.67. The molecule has 4 rings (SSSR count). The van der Waals surface area contributed by atoms with Crippen molar-refractivity contribution in [2.75, 3.05) is 11.3 Å². The molecule has 0 bridgehead atoms. The summed E-state index contributed by atoms with van der Waals surface area (Å²) in [5.41, 5.74) is 0.000663. The van der Waals surface area contributed by atoms with Crippen molar-refractivity contribution in [2.45, 2.75) is 23.6 Å². The molecule has 13 nitrogen and oxygen atoms in total. The van der Waals surface area contributed by atoms with Gasteiger partial charge in [-0.25, -0.2) is 13.1 Å². The van der Waals surface area contributed by atoms with Crippen molar-refractivity contribution in [3.63, 3.8) is 0 Å². The number of sulfonamides is 1. The molecule has 0 aliphatic heterocycles. The number of ether oxygens (including phenoxy) is 1. The quantitative estimate of drug-likeness (QED) is 0.113. The number of benzene rings is 3. The maximum atomic E-state index is 13.0. The highest BCUT2D eigenvalue weighted by Gasteiger charge is 2.19. The number of aryl methyl sites for hydroxylation is 1. The highest BCUT2D eigenvalue weighted by molar-refractivity contribution is 8.69. The normalized spacial score (nSPS) is 12.1. The molecule has 0 fully saturated rings. The van der Waals surface area contributed by atoms with E-state index in [0.717, 1.165) is 16.8 Å². The summed E-state index contributed by atoms with van der Waals surface area (Å²) in [5.74, 6) is -0.0174. The van der Waals surface area contributed by atoms with Crippen molar-refractivity contribution in [3.05, 3.63) is 82.8 Å². The molecule has 16 heteroatoms. The average molecular weight is 606 g/mol. The first-order chi connectivity index (χ1) is 18.9. The molecular weight excluding hydrogens is 582 g/mol. The van der Waals surface area contributed by atoms with Crippen molar-refractivity contribution in [1.82, 2.24) is 9.78 Å². The van der Waals surface area contributed by atoms with Crippen LogP contribution in [0.4, 0.5) is 17.1 Å². The largest absolute Gasteiger partial charge is 0.506 e. The number of hydrogen-bond acceptors (Lipinski definition) is 10. The van der Waals surface area contributed by atoms with E-state index in [2.05, 4.69) is 20.0 Å². The first kappa shape index (κ1) is 28.9. The van der Waals surface area contributed by atoms with Gasteiger partial charge in [0.05, 0.1) is 28.6 Å². The minimum atomic E-state index is -4.29. The van der Waals surface area contributed by atoms with Crippen molar-refractivity contribution >= 4 is 47.0 Å². The Labute approximate surface area is 232 Å². The second-order valence-corrected chi connectivity index (χ2v) is 13.1. The molecule has 0 spiro atoms. The van der Waals surface area contributed by atoms with Crippen LogP contribution in [0, 0.1) is 6.92 Å². The molecule has 1 aromatic heterocycles. The van der Waals surface area contributed by atoms with E-state index in [1.165, 1.54) is 30.3 Å². The first-order valence-corrected chi connectivity index (χ1v) is 15.7. The zero-order valence-electron chi connectivity index (χ0n) is 21.0. The Morgan fingerprint density at radius 3 is 2.40 bits per heavy atom. The highest BCUT2D eigenvalue weighted by Crippen LogP contribution is 2.33. The van der Waals surface area contributed by atoms with Gasteiger partial charge in [0.1, 0.15) is 17.2 Å². The second kappa shape index (κ2) is 11.5. The van der Waals surface area contributed by atoms with Crippen molar-refractivity contribution < 1.29 is 31.2 Å². The fraction of sp³-hybridized carbons (Fsp3) is 0.125. The van der Waals surface area contributed by atoms with Crippen LogP contribution in [-0.4, -0.2) is 42.9 Å². The molecular formula is C24H23N5O8S3. The fourth-order valence-corrected chi connectivity index (χ4v) is 6.14. The zero-order valence-corrected chi connectivity index (χ0v) is 23.4. The van der Waals surface area contributed by atoms with Gasteiger partial charge in [0.2, 0.25) is 0 Å². The van der Waals surface area contributed by atoms with E-state index >= 15 is 0 Å². The molecule has 0 unspecified atom stereocenters. The minimum Gasteiger partial charge on any atom is -0.506 e. The molecule has 3 aromatic carbocycles. The molecule has 0 amide bonds. The fourth-order valence-electron chi connectivity index (χ4n) is 3.50. The van der Waals surface area contributed by atoms with E-state index in [4.69, 9.17) is 9.29 Å². The molecule has 1 heterocycles. The predicted molar refractivity (Wildman–Crippen MR) is 149 cm³/mol. The number of nitrogens with one attached hydrogen (secondary N) is 2. The third-order valence-corrected chi connectivity index (χ3v) is 8.53. The van der Waals surface area contributed by atoms with Gasteiger partial charge in [-0.3, -0.25) is 19.2 Å². The summed E-state index contributed by atoms with van der Waals surface area (Å²) >= 11 is 0. The topological polar surface area (TPSA) is 193 Å². The van der Waals surface area contributed by atoms with Crippen LogP contribution in [0.3, 0.4) is 0 Å². The summed E-state index contributed by atoms with van der Waals surface area (Å²) in [6.07, 6.45) is 0. The molecule has 4 N–H and O–H groups in total. The van der Waals surface area contributed by atoms with Gasteiger partial charge in [-0.2, -0.15) is 8.42 Å². The van der Waals surface area contributed by atoms with Crippen LogP contribution in [0.25, 0.3) is 5.69 Å². The smallest absolute Gasteiger partial charge is 0.324 e. The number of aromatic nitrogens is 2. The number of rotatable bonds is 10. The van der Waals surface area contributed by atoms with Crippen LogP contribution >= 0.6 is 10.8 Å². The van der Waals surface area contributed by atoms with E-state index in [1.807, 2.05) is 0 Å².